The molecule has 31 heavy (non-hydrogen) atoms. The molecule has 2 fully saturated rings. The van der Waals surface area contributed by atoms with Crippen molar-refractivity contribution in [2.45, 2.75) is 63.7 Å². The van der Waals surface area contributed by atoms with Gasteiger partial charge in [0.05, 0.1) is 5.69 Å². The van der Waals surface area contributed by atoms with E-state index in [1.807, 2.05) is 67.3 Å². The number of nitrogens with zero attached hydrogens (tertiary/aromatic N) is 2. The molecule has 1 aliphatic heterocycles. The largest absolute Gasteiger partial charge is 0.326 e. The summed E-state index contributed by atoms with van der Waals surface area (Å²) in [6.07, 6.45) is 5.64. The molecule has 6 heteroatoms. The number of anilines is 1. The number of benzene rings is 2. The molecule has 2 aromatic carbocycles. The standard InChI is InChI=1S/C25H29N3O2S/c1-17-8-12-19(13-9-17)26-23(29)16-22-24(30)28(21-6-4-3-5-7-21)25(31-22)27-20-14-10-18(2)11-15-20/h8-15,21-22H,3-7,16H2,1-2H3,(H,26,29). The van der Waals surface area contributed by atoms with E-state index in [1.165, 1.54) is 23.7 Å². The Labute approximate surface area is 188 Å². The summed E-state index contributed by atoms with van der Waals surface area (Å²) in [5, 5.41) is 3.22. The first-order chi connectivity index (χ1) is 15.0. The molecule has 0 radical (unpaired) electrons. The molecular formula is C25H29N3O2S. The van der Waals surface area contributed by atoms with Gasteiger partial charge in [-0.15, -0.1) is 0 Å². The molecular weight excluding hydrogens is 406 g/mol. The number of aliphatic imine (C=N–C) groups is 1. The van der Waals surface area contributed by atoms with Gasteiger partial charge in [0, 0.05) is 18.2 Å². The maximum Gasteiger partial charge on any atom is 0.242 e. The third-order valence-electron chi connectivity index (χ3n) is 5.87. The molecule has 1 atom stereocenters. The first kappa shape index (κ1) is 21.6. The van der Waals surface area contributed by atoms with Crippen LogP contribution >= 0.6 is 11.8 Å². The topological polar surface area (TPSA) is 61.8 Å². The molecule has 0 bridgehead atoms. The number of carbonyl (C=O) groups excluding carboxylic acids is 2. The summed E-state index contributed by atoms with van der Waals surface area (Å²) in [6, 6.07) is 15.9. The van der Waals surface area contributed by atoms with Crippen LogP contribution < -0.4 is 5.32 Å². The van der Waals surface area contributed by atoms with Crippen molar-refractivity contribution in [1.29, 1.82) is 0 Å². The highest BCUT2D eigenvalue weighted by atomic mass is 32.2. The lowest BCUT2D eigenvalue weighted by Crippen LogP contribution is -2.42. The first-order valence-corrected chi connectivity index (χ1v) is 11.9. The van der Waals surface area contributed by atoms with Gasteiger partial charge in [-0.2, -0.15) is 0 Å². The lowest BCUT2D eigenvalue weighted by atomic mass is 9.94. The summed E-state index contributed by atoms with van der Waals surface area (Å²) in [4.78, 5) is 32.7. The number of amides is 2. The number of aryl methyl sites for hydroxylation is 2. The van der Waals surface area contributed by atoms with Crippen LogP contribution in [0.2, 0.25) is 0 Å². The van der Waals surface area contributed by atoms with Gasteiger partial charge in [0.25, 0.3) is 0 Å². The highest BCUT2D eigenvalue weighted by molar-refractivity contribution is 8.15. The van der Waals surface area contributed by atoms with Crippen LogP contribution in [0.25, 0.3) is 0 Å². The molecule has 5 nitrogen and oxygen atoms in total. The van der Waals surface area contributed by atoms with Crippen LogP contribution in [0.15, 0.2) is 53.5 Å². The summed E-state index contributed by atoms with van der Waals surface area (Å²) in [5.41, 5.74) is 3.91. The Morgan fingerprint density at radius 1 is 1.00 bits per heavy atom. The van der Waals surface area contributed by atoms with E-state index in [1.54, 1.807) is 0 Å². The Kier molecular flexibility index (Phi) is 6.76. The highest BCUT2D eigenvalue weighted by Crippen LogP contribution is 2.36. The van der Waals surface area contributed by atoms with Gasteiger partial charge in [-0.3, -0.25) is 14.5 Å². The summed E-state index contributed by atoms with van der Waals surface area (Å²) >= 11 is 1.43. The van der Waals surface area contributed by atoms with Gasteiger partial charge in [-0.25, -0.2) is 4.99 Å². The van der Waals surface area contributed by atoms with Crippen molar-refractivity contribution in [3.05, 3.63) is 59.7 Å². The van der Waals surface area contributed by atoms with Crippen LogP contribution in [0.5, 0.6) is 0 Å². The second kappa shape index (κ2) is 9.69. The molecule has 162 valence electrons. The van der Waals surface area contributed by atoms with Gasteiger partial charge in [0.2, 0.25) is 11.8 Å². The highest BCUT2D eigenvalue weighted by Gasteiger charge is 2.42. The number of rotatable bonds is 5. The van der Waals surface area contributed by atoms with E-state index in [0.29, 0.717) is 0 Å². The van der Waals surface area contributed by atoms with Crippen molar-refractivity contribution >= 4 is 40.1 Å². The lowest BCUT2D eigenvalue weighted by molar-refractivity contribution is -0.130. The number of thioether (sulfide) groups is 1. The maximum absolute atomic E-state index is 13.3. The third kappa shape index (κ3) is 5.37. The van der Waals surface area contributed by atoms with Gasteiger partial charge in [0.15, 0.2) is 5.17 Å². The summed E-state index contributed by atoms with van der Waals surface area (Å²) < 4.78 is 0. The molecule has 1 aliphatic carbocycles. The Morgan fingerprint density at radius 2 is 1.61 bits per heavy atom. The van der Waals surface area contributed by atoms with Gasteiger partial charge in [0.1, 0.15) is 5.25 Å². The predicted molar refractivity (Wildman–Crippen MR) is 128 cm³/mol. The van der Waals surface area contributed by atoms with Gasteiger partial charge in [-0.05, 0) is 51.0 Å². The number of carbonyl (C=O) groups is 2. The van der Waals surface area contributed by atoms with Crippen LogP contribution in [0, 0.1) is 13.8 Å². The number of amidine groups is 1. The Hall–Kier alpha value is -2.60. The van der Waals surface area contributed by atoms with Crippen LogP contribution in [0.3, 0.4) is 0 Å². The molecule has 2 amide bonds. The summed E-state index contributed by atoms with van der Waals surface area (Å²) in [6.45, 7) is 4.05. The summed E-state index contributed by atoms with van der Waals surface area (Å²) in [5.74, 6) is -0.128. The van der Waals surface area contributed by atoms with Crippen LogP contribution in [-0.2, 0) is 9.59 Å². The molecule has 2 aliphatic rings. The van der Waals surface area contributed by atoms with Crippen molar-refractivity contribution in [3.63, 3.8) is 0 Å². The van der Waals surface area contributed by atoms with Crippen LogP contribution in [0.1, 0.15) is 49.7 Å². The van der Waals surface area contributed by atoms with Crippen molar-refractivity contribution in [2.75, 3.05) is 5.32 Å². The Bertz CT molecular complexity index is 963. The van der Waals surface area contributed by atoms with Crippen molar-refractivity contribution in [3.8, 4) is 0 Å². The monoisotopic (exact) mass is 435 g/mol. The molecule has 1 saturated carbocycles. The number of hydrogen-bond acceptors (Lipinski definition) is 4. The minimum Gasteiger partial charge on any atom is -0.326 e. The average Bonchev–Trinajstić information content (AvgIpc) is 3.06. The fraction of sp³-hybridized carbons (Fsp3) is 0.400. The van der Waals surface area contributed by atoms with E-state index in [4.69, 9.17) is 4.99 Å². The first-order valence-electron chi connectivity index (χ1n) is 11.0. The molecule has 1 N–H and O–H groups in total. The van der Waals surface area contributed by atoms with E-state index < -0.39 is 5.25 Å². The lowest BCUT2D eigenvalue weighted by Gasteiger charge is -2.30. The van der Waals surface area contributed by atoms with E-state index in [9.17, 15) is 9.59 Å². The second-order valence-electron chi connectivity index (χ2n) is 8.45. The SMILES string of the molecule is Cc1ccc(N=C2SC(CC(=O)Nc3ccc(C)cc3)C(=O)N2C2CCCCC2)cc1. The van der Waals surface area contributed by atoms with E-state index in [0.717, 1.165) is 47.8 Å². The normalized spacial score (nSPS) is 21.0. The van der Waals surface area contributed by atoms with E-state index >= 15 is 0 Å². The van der Waals surface area contributed by atoms with Gasteiger partial charge >= 0.3 is 0 Å². The van der Waals surface area contributed by atoms with Crippen molar-refractivity contribution in [1.82, 2.24) is 4.90 Å². The zero-order valence-electron chi connectivity index (χ0n) is 18.1. The van der Waals surface area contributed by atoms with E-state index in [-0.39, 0.29) is 24.3 Å². The molecule has 0 spiro atoms. The third-order valence-corrected chi connectivity index (χ3v) is 7.02. The molecule has 2 aromatic rings. The maximum atomic E-state index is 13.3. The smallest absolute Gasteiger partial charge is 0.242 e. The second-order valence-corrected chi connectivity index (χ2v) is 9.62. The van der Waals surface area contributed by atoms with Crippen LogP contribution in [0.4, 0.5) is 11.4 Å². The number of nitrogens with one attached hydrogen (secondary N) is 1. The van der Waals surface area contributed by atoms with Crippen LogP contribution in [-0.4, -0.2) is 33.2 Å². The fourth-order valence-electron chi connectivity index (χ4n) is 4.12. The molecule has 4 rings (SSSR count). The zero-order chi connectivity index (χ0) is 21.8. The summed E-state index contributed by atoms with van der Waals surface area (Å²) in [7, 11) is 0. The van der Waals surface area contributed by atoms with Crippen molar-refractivity contribution < 1.29 is 9.59 Å². The molecule has 1 unspecified atom stereocenters. The van der Waals surface area contributed by atoms with Crippen molar-refractivity contribution in [2.24, 2.45) is 4.99 Å². The predicted octanol–water partition coefficient (Wildman–Crippen LogP) is 5.60. The molecule has 1 saturated heterocycles. The minimum absolute atomic E-state index is 0.0156. The Balaban J connectivity index is 1.51. The van der Waals surface area contributed by atoms with E-state index in [2.05, 4.69) is 5.32 Å². The zero-order valence-corrected chi connectivity index (χ0v) is 19.0. The quantitative estimate of drug-likeness (QED) is 0.665. The van der Waals surface area contributed by atoms with Gasteiger partial charge in [-0.1, -0.05) is 66.4 Å². The average molecular weight is 436 g/mol. The number of hydrogen-bond donors (Lipinski definition) is 1. The van der Waals surface area contributed by atoms with Gasteiger partial charge < -0.3 is 5.32 Å². The molecule has 1 heterocycles. The molecule has 0 aromatic heterocycles. The Morgan fingerprint density at radius 3 is 2.26 bits per heavy atom. The fourth-order valence-corrected chi connectivity index (χ4v) is 5.33. The minimum atomic E-state index is -0.434.